The Kier molecular flexibility index (Phi) is 5.37. The zero-order valence-electron chi connectivity index (χ0n) is 12.5. The molecule has 0 saturated carbocycles. The van der Waals surface area contributed by atoms with Gasteiger partial charge in [-0.1, -0.05) is 35.0 Å². The highest BCUT2D eigenvalue weighted by molar-refractivity contribution is 7.99. The minimum Gasteiger partial charge on any atom is -0.334 e. The van der Waals surface area contributed by atoms with Gasteiger partial charge in [0.1, 0.15) is 6.33 Å². The zero-order chi connectivity index (χ0) is 17.8. The normalized spacial score (nSPS) is 10.5. The molecule has 9 heteroatoms. The largest absolute Gasteiger partial charge is 0.343 e. The van der Waals surface area contributed by atoms with Crippen LogP contribution in [-0.4, -0.2) is 14.9 Å². The van der Waals surface area contributed by atoms with Crippen LogP contribution < -0.4 is 5.32 Å². The van der Waals surface area contributed by atoms with E-state index in [1.165, 1.54) is 18.1 Å². The Labute approximate surface area is 157 Å². The molecular formula is C16H10Cl2N4O2S. The summed E-state index contributed by atoms with van der Waals surface area (Å²) in [5, 5.41) is 15.9. The van der Waals surface area contributed by atoms with Crippen molar-refractivity contribution in [2.75, 3.05) is 5.32 Å². The summed E-state index contributed by atoms with van der Waals surface area (Å²) in [4.78, 5) is 19.9. The zero-order valence-corrected chi connectivity index (χ0v) is 14.8. The second kappa shape index (κ2) is 7.69. The topological polar surface area (TPSA) is 81.0 Å². The fourth-order valence-corrected chi connectivity index (χ4v) is 3.09. The molecule has 0 atom stereocenters. The molecule has 0 aliphatic rings. The first-order valence-electron chi connectivity index (χ1n) is 6.98. The van der Waals surface area contributed by atoms with Crippen LogP contribution in [0.1, 0.15) is 0 Å². The van der Waals surface area contributed by atoms with E-state index >= 15 is 0 Å². The second-order valence-corrected chi connectivity index (χ2v) is 6.76. The highest BCUT2D eigenvalue weighted by atomic mass is 35.5. The third-order valence-electron chi connectivity index (χ3n) is 3.11. The summed E-state index contributed by atoms with van der Waals surface area (Å²) in [6.45, 7) is 0. The monoisotopic (exact) mass is 392 g/mol. The Morgan fingerprint density at radius 1 is 0.960 bits per heavy atom. The van der Waals surface area contributed by atoms with Crippen molar-refractivity contribution in [2.45, 2.75) is 9.92 Å². The van der Waals surface area contributed by atoms with Gasteiger partial charge in [-0.05, 0) is 48.5 Å². The number of rotatable bonds is 5. The lowest BCUT2D eigenvalue weighted by Crippen LogP contribution is -2.02. The lowest BCUT2D eigenvalue weighted by atomic mass is 10.3. The summed E-state index contributed by atoms with van der Waals surface area (Å²) in [5.41, 5.74) is 0.436. The molecule has 3 rings (SSSR count). The number of nitro groups is 1. The van der Waals surface area contributed by atoms with Gasteiger partial charge in [0.2, 0.25) is 5.82 Å². The minimum atomic E-state index is -0.503. The number of halogens is 2. The van der Waals surface area contributed by atoms with Crippen molar-refractivity contribution < 1.29 is 4.92 Å². The molecule has 126 valence electrons. The van der Waals surface area contributed by atoms with Crippen molar-refractivity contribution in [1.29, 1.82) is 0 Å². The van der Waals surface area contributed by atoms with Gasteiger partial charge in [-0.25, -0.2) is 9.97 Å². The fourth-order valence-electron chi connectivity index (χ4n) is 1.98. The summed E-state index contributed by atoms with van der Waals surface area (Å²) in [6.07, 6.45) is 1.28. The molecule has 1 heterocycles. The van der Waals surface area contributed by atoms with Crippen molar-refractivity contribution in [3.8, 4) is 0 Å². The Bertz CT molecular complexity index is 839. The summed E-state index contributed by atoms with van der Waals surface area (Å²) < 4.78 is 0. The standard InChI is InChI=1S/C16H10Cl2N4O2S/c17-10-1-5-12(6-2-10)21-15-14(22(23)24)16(20-9-19-15)25-13-7-3-11(18)4-8-13/h1-9H,(H,19,20,21). The van der Waals surface area contributed by atoms with Crippen LogP contribution in [0.2, 0.25) is 10.0 Å². The molecule has 0 spiro atoms. The molecule has 0 radical (unpaired) electrons. The molecule has 6 nitrogen and oxygen atoms in total. The van der Waals surface area contributed by atoms with E-state index in [4.69, 9.17) is 23.2 Å². The van der Waals surface area contributed by atoms with Gasteiger partial charge in [0.15, 0.2) is 5.03 Å². The average molecular weight is 393 g/mol. The summed E-state index contributed by atoms with van der Waals surface area (Å²) in [6, 6.07) is 13.7. The number of anilines is 2. The van der Waals surface area contributed by atoms with E-state index in [9.17, 15) is 10.1 Å². The lowest BCUT2D eigenvalue weighted by Gasteiger charge is -2.08. The Hall–Kier alpha value is -2.35. The molecule has 25 heavy (non-hydrogen) atoms. The van der Waals surface area contributed by atoms with Gasteiger partial charge in [-0.15, -0.1) is 0 Å². The van der Waals surface area contributed by atoms with Crippen LogP contribution in [0.25, 0.3) is 0 Å². The number of hydrogen-bond donors (Lipinski definition) is 1. The van der Waals surface area contributed by atoms with Gasteiger partial charge >= 0.3 is 5.69 Å². The van der Waals surface area contributed by atoms with Crippen LogP contribution in [0.15, 0.2) is 64.8 Å². The van der Waals surface area contributed by atoms with Gasteiger partial charge in [-0.3, -0.25) is 10.1 Å². The van der Waals surface area contributed by atoms with Gasteiger partial charge < -0.3 is 5.32 Å². The van der Waals surface area contributed by atoms with Crippen LogP contribution in [-0.2, 0) is 0 Å². The molecule has 3 aromatic rings. The predicted molar refractivity (Wildman–Crippen MR) is 99.0 cm³/mol. The van der Waals surface area contributed by atoms with Gasteiger partial charge in [-0.2, -0.15) is 0 Å². The highest BCUT2D eigenvalue weighted by Gasteiger charge is 2.24. The van der Waals surface area contributed by atoms with E-state index in [0.29, 0.717) is 15.7 Å². The van der Waals surface area contributed by atoms with Crippen LogP contribution in [0, 0.1) is 10.1 Å². The predicted octanol–water partition coefficient (Wildman–Crippen LogP) is 5.59. The second-order valence-electron chi connectivity index (χ2n) is 4.82. The molecule has 0 saturated heterocycles. The number of hydrogen-bond acceptors (Lipinski definition) is 6. The third kappa shape index (κ3) is 4.39. The fraction of sp³-hybridized carbons (Fsp3) is 0. The lowest BCUT2D eigenvalue weighted by molar-refractivity contribution is -0.387. The molecule has 0 aliphatic carbocycles. The van der Waals surface area contributed by atoms with E-state index in [-0.39, 0.29) is 16.5 Å². The van der Waals surface area contributed by atoms with Gasteiger partial charge in [0, 0.05) is 20.6 Å². The average Bonchev–Trinajstić information content (AvgIpc) is 2.59. The van der Waals surface area contributed by atoms with Crippen molar-refractivity contribution in [1.82, 2.24) is 9.97 Å². The third-order valence-corrected chi connectivity index (χ3v) is 4.61. The first-order chi connectivity index (χ1) is 12.0. The summed E-state index contributed by atoms with van der Waals surface area (Å²) in [7, 11) is 0. The molecule has 0 aliphatic heterocycles. The Balaban J connectivity index is 1.94. The van der Waals surface area contributed by atoms with Crippen molar-refractivity contribution >= 4 is 52.2 Å². The van der Waals surface area contributed by atoms with E-state index in [1.54, 1.807) is 48.5 Å². The first kappa shape index (κ1) is 17.5. The number of nitrogens with zero attached hydrogens (tertiary/aromatic N) is 3. The van der Waals surface area contributed by atoms with Gasteiger partial charge in [0.25, 0.3) is 0 Å². The van der Waals surface area contributed by atoms with Crippen LogP contribution in [0.4, 0.5) is 17.2 Å². The van der Waals surface area contributed by atoms with E-state index in [2.05, 4.69) is 15.3 Å². The Morgan fingerprint density at radius 3 is 2.16 bits per heavy atom. The quantitative estimate of drug-likeness (QED) is 0.346. The van der Waals surface area contributed by atoms with E-state index in [1.807, 2.05) is 0 Å². The minimum absolute atomic E-state index is 0.110. The summed E-state index contributed by atoms with van der Waals surface area (Å²) >= 11 is 12.9. The molecule has 2 aromatic carbocycles. The van der Waals surface area contributed by atoms with Crippen LogP contribution >= 0.6 is 35.0 Å². The number of nitrogens with one attached hydrogen (secondary N) is 1. The maximum absolute atomic E-state index is 11.6. The number of benzene rings is 2. The van der Waals surface area contributed by atoms with Crippen molar-refractivity contribution in [3.05, 3.63) is 75.0 Å². The maximum atomic E-state index is 11.6. The summed E-state index contributed by atoms with van der Waals surface area (Å²) in [5.74, 6) is 0.110. The van der Waals surface area contributed by atoms with Crippen molar-refractivity contribution in [2.24, 2.45) is 0 Å². The Morgan fingerprint density at radius 2 is 1.56 bits per heavy atom. The SMILES string of the molecule is O=[N+]([O-])c1c(Nc2ccc(Cl)cc2)ncnc1Sc1ccc(Cl)cc1. The molecule has 1 N–H and O–H groups in total. The molecule has 0 fully saturated rings. The van der Waals surface area contributed by atoms with Crippen LogP contribution in [0.3, 0.4) is 0 Å². The molecular weight excluding hydrogens is 383 g/mol. The molecule has 0 unspecified atom stereocenters. The van der Waals surface area contributed by atoms with E-state index < -0.39 is 4.92 Å². The smallest absolute Gasteiger partial charge is 0.334 e. The van der Waals surface area contributed by atoms with Crippen molar-refractivity contribution in [3.63, 3.8) is 0 Å². The first-order valence-corrected chi connectivity index (χ1v) is 8.55. The van der Waals surface area contributed by atoms with Gasteiger partial charge in [0.05, 0.1) is 4.92 Å². The number of aromatic nitrogens is 2. The maximum Gasteiger partial charge on any atom is 0.343 e. The van der Waals surface area contributed by atoms with E-state index in [0.717, 1.165) is 4.90 Å². The highest BCUT2D eigenvalue weighted by Crippen LogP contribution is 2.37. The molecule has 0 bridgehead atoms. The molecule has 0 amide bonds. The van der Waals surface area contributed by atoms with Crippen LogP contribution in [0.5, 0.6) is 0 Å². The molecule has 1 aromatic heterocycles.